The van der Waals surface area contributed by atoms with Crippen LogP contribution < -0.4 is 4.90 Å². The first-order valence-electron chi connectivity index (χ1n) is 6.88. The van der Waals surface area contributed by atoms with E-state index in [1.54, 1.807) is 0 Å². The number of nitrogens with zero attached hydrogens (tertiary/aromatic N) is 1. The van der Waals surface area contributed by atoms with Gasteiger partial charge < -0.3 is 4.90 Å². The SMILES string of the molecule is CCC1CCCCCN1c1c(F)cc(C=O)cc1F. The van der Waals surface area contributed by atoms with Gasteiger partial charge in [0.25, 0.3) is 0 Å². The van der Waals surface area contributed by atoms with Crippen molar-refractivity contribution in [2.24, 2.45) is 0 Å². The van der Waals surface area contributed by atoms with Gasteiger partial charge in [-0.1, -0.05) is 19.8 Å². The third kappa shape index (κ3) is 2.94. The molecule has 1 aromatic carbocycles. The quantitative estimate of drug-likeness (QED) is 0.773. The molecule has 19 heavy (non-hydrogen) atoms. The van der Waals surface area contributed by atoms with Gasteiger partial charge in [-0.05, 0) is 31.4 Å². The maximum absolute atomic E-state index is 14.1. The van der Waals surface area contributed by atoms with Gasteiger partial charge in [0.2, 0.25) is 0 Å². The number of hydrogen-bond acceptors (Lipinski definition) is 2. The number of carbonyl (C=O) groups excluding carboxylic acids is 1. The Kier molecular flexibility index (Phi) is 4.51. The van der Waals surface area contributed by atoms with E-state index in [1.807, 2.05) is 11.8 Å². The highest BCUT2D eigenvalue weighted by Gasteiger charge is 2.25. The average molecular weight is 267 g/mol. The van der Waals surface area contributed by atoms with E-state index >= 15 is 0 Å². The van der Waals surface area contributed by atoms with E-state index in [9.17, 15) is 13.6 Å². The average Bonchev–Trinajstić information content (AvgIpc) is 2.63. The number of halogens is 2. The van der Waals surface area contributed by atoms with Crippen LogP contribution in [0.5, 0.6) is 0 Å². The van der Waals surface area contributed by atoms with Crippen molar-refractivity contribution in [3.63, 3.8) is 0 Å². The highest BCUT2D eigenvalue weighted by molar-refractivity contribution is 5.76. The summed E-state index contributed by atoms with van der Waals surface area (Å²) in [5, 5.41) is 0. The zero-order chi connectivity index (χ0) is 13.8. The lowest BCUT2D eigenvalue weighted by Gasteiger charge is -2.32. The van der Waals surface area contributed by atoms with Crippen molar-refractivity contribution < 1.29 is 13.6 Å². The Morgan fingerprint density at radius 3 is 2.53 bits per heavy atom. The second-order valence-electron chi connectivity index (χ2n) is 5.06. The number of hydrogen-bond donors (Lipinski definition) is 0. The Morgan fingerprint density at radius 1 is 1.26 bits per heavy atom. The van der Waals surface area contributed by atoms with Gasteiger partial charge in [0.15, 0.2) is 0 Å². The lowest BCUT2D eigenvalue weighted by atomic mass is 10.1. The fourth-order valence-electron chi connectivity index (χ4n) is 2.82. The minimum Gasteiger partial charge on any atom is -0.364 e. The molecule has 1 aliphatic heterocycles. The van der Waals surface area contributed by atoms with Crippen molar-refractivity contribution >= 4 is 12.0 Å². The Morgan fingerprint density at radius 2 is 1.95 bits per heavy atom. The maximum Gasteiger partial charge on any atom is 0.150 e. The number of carbonyl (C=O) groups is 1. The smallest absolute Gasteiger partial charge is 0.150 e. The summed E-state index contributed by atoms with van der Waals surface area (Å²) >= 11 is 0. The van der Waals surface area contributed by atoms with E-state index < -0.39 is 11.6 Å². The Labute approximate surface area is 112 Å². The standard InChI is InChI=1S/C15H19F2NO/c1-2-12-6-4-3-5-7-18(12)15-13(16)8-11(10-19)9-14(15)17/h8-10,12H,2-7H2,1H3. The van der Waals surface area contributed by atoms with Crippen molar-refractivity contribution in [2.45, 2.75) is 45.1 Å². The van der Waals surface area contributed by atoms with Crippen LogP contribution in [0.3, 0.4) is 0 Å². The van der Waals surface area contributed by atoms with Crippen molar-refractivity contribution in [3.05, 3.63) is 29.3 Å². The van der Waals surface area contributed by atoms with Gasteiger partial charge in [0.05, 0.1) is 0 Å². The summed E-state index contributed by atoms with van der Waals surface area (Å²) in [6.07, 6.45) is 5.45. The van der Waals surface area contributed by atoms with Crippen LogP contribution in [0.4, 0.5) is 14.5 Å². The normalized spacial score (nSPS) is 20.2. The summed E-state index contributed by atoms with van der Waals surface area (Å²) < 4.78 is 28.2. The summed E-state index contributed by atoms with van der Waals surface area (Å²) in [6.45, 7) is 2.71. The number of rotatable bonds is 3. The van der Waals surface area contributed by atoms with Crippen LogP contribution in [-0.2, 0) is 0 Å². The molecule has 0 aliphatic carbocycles. The zero-order valence-corrected chi connectivity index (χ0v) is 11.2. The highest BCUT2D eigenvalue weighted by Crippen LogP contribution is 2.31. The van der Waals surface area contributed by atoms with Crippen LogP contribution in [0.2, 0.25) is 0 Å². The lowest BCUT2D eigenvalue weighted by molar-refractivity contribution is 0.112. The van der Waals surface area contributed by atoms with Gasteiger partial charge in [0, 0.05) is 18.2 Å². The molecule has 104 valence electrons. The Bertz CT molecular complexity index is 438. The van der Waals surface area contributed by atoms with Crippen LogP contribution in [-0.4, -0.2) is 18.9 Å². The van der Waals surface area contributed by atoms with E-state index in [1.165, 1.54) is 0 Å². The van der Waals surface area contributed by atoms with E-state index in [2.05, 4.69) is 0 Å². The number of benzene rings is 1. The van der Waals surface area contributed by atoms with Crippen LogP contribution in [0.25, 0.3) is 0 Å². The molecular weight excluding hydrogens is 248 g/mol. The molecule has 4 heteroatoms. The maximum atomic E-state index is 14.1. The zero-order valence-electron chi connectivity index (χ0n) is 11.2. The molecule has 1 aromatic rings. The monoisotopic (exact) mass is 267 g/mol. The van der Waals surface area contributed by atoms with Gasteiger partial charge in [-0.3, -0.25) is 4.79 Å². The second-order valence-corrected chi connectivity index (χ2v) is 5.06. The number of anilines is 1. The van der Waals surface area contributed by atoms with Gasteiger partial charge in [0.1, 0.15) is 23.6 Å². The largest absolute Gasteiger partial charge is 0.364 e. The molecule has 1 unspecified atom stereocenters. The molecule has 0 spiro atoms. The molecule has 2 nitrogen and oxygen atoms in total. The molecule has 0 radical (unpaired) electrons. The molecule has 1 heterocycles. The van der Waals surface area contributed by atoms with Crippen LogP contribution in [0.1, 0.15) is 49.4 Å². The van der Waals surface area contributed by atoms with Crippen molar-refractivity contribution in [2.75, 3.05) is 11.4 Å². The molecule has 0 saturated carbocycles. The summed E-state index contributed by atoms with van der Waals surface area (Å²) in [7, 11) is 0. The summed E-state index contributed by atoms with van der Waals surface area (Å²) in [5.41, 5.74) is 0.0703. The van der Waals surface area contributed by atoms with E-state index in [0.29, 0.717) is 12.8 Å². The highest BCUT2D eigenvalue weighted by atomic mass is 19.1. The third-order valence-corrected chi connectivity index (χ3v) is 3.81. The summed E-state index contributed by atoms with van der Waals surface area (Å²) in [5.74, 6) is -1.27. The molecule has 1 atom stereocenters. The Balaban J connectivity index is 2.40. The summed E-state index contributed by atoms with van der Waals surface area (Å²) in [6, 6.07) is 2.40. The van der Waals surface area contributed by atoms with Gasteiger partial charge in [-0.15, -0.1) is 0 Å². The predicted octanol–water partition coefficient (Wildman–Crippen LogP) is 3.94. The van der Waals surface area contributed by atoms with Gasteiger partial charge in [-0.2, -0.15) is 0 Å². The third-order valence-electron chi connectivity index (χ3n) is 3.81. The van der Waals surface area contributed by atoms with Crippen LogP contribution in [0.15, 0.2) is 12.1 Å². The van der Waals surface area contributed by atoms with Gasteiger partial charge >= 0.3 is 0 Å². The molecule has 0 aromatic heterocycles. The van der Waals surface area contributed by atoms with Gasteiger partial charge in [-0.25, -0.2) is 8.78 Å². The molecule has 2 rings (SSSR count). The Hall–Kier alpha value is -1.45. The van der Waals surface area contributed by atoms with Crippen LogP contribution in [0, 0.1) is 11.6 Å². The first-order chi connectivity index (χ1) is 9.17. The topological polar surface area (TPSA) is 20.3 Å². The molecular formula is C15H19F2NO. The predicted molar refractivity (Wildman–Crippen MR) is 71.6 cm³/mol. The first kappa shape index (κ1) is 14.0. The minimum absolute atomic E-state index is 0.0272. The molecule has 1 saturated heterocycles. The number of aldehydes is 1. The summed E-state index contributed by atoms with van der Waals surface area (Å²) in [4.78, 5) is 12.5. The van der Waals surface area contributed by atoms with Crippen molar-refractivity contribution in [3.8, 4) is 0 Å². The molecule has 1 aliphatic rings. The van der Waals surface area contributed by atoms with Crippen molar-refractivity contribution in [1.82, 2.24) is 0 Å². The van der Waals surface area contributed by atoms with E-state index in [-0.39, 0.29) is 17.3 Å². The van der Waals surface area contributed by atoms with Crippen molar-refractivity contribution in [1.29, 1.82) is 0 Å². The first-order valence-corrected chi connectivity index (χ1v) is 6.88. The molecule has 0 N–H and O–H groups in total. The second kappa shape index (κ2) is 6.13. The fourth-order valence-corrected chi connectivity index (χ4v) is 2.82. The van der Waals surface area contributed by atoms with E-state index in [0.717, 1.165) is 44.2 Å². The molecule has 0 amide bonds. The van der Waals surface area contributed by atoms with E-state index in [4.69, 9.17) is 0 Å². The minimum atomic E-state index is -0.637. The van der Waals surface area contributed by atoms with Crippen LogP contribution >= 0.6 is 0 Å². The molecule has 1 fully saturated rings. The fraction of sp³-hybridized carbons (Fsp3) is 0.533. The molecule has 0 bridgehead atoms. The lowest BCUT2D eigenvalue weighted by Crippen LogP contribution is -2.35.